The second-order valence-electron chi connectivity index (χ2n) is 8.61. The van der Waals surface area contributed by atoms with E-state index in [9.17, 15) is 14.4 Å². The molecule has 1 N–H and O–H groups in total. The third kappa shape index (κ3) is 3.87. The number of hydrogen-bond acceptors (Lipinski definition) is 4. The summed E-state index contributed by atoms with van der Waals surface area (Å²) < 4.78 is 0. The Hall–Kier alpha value is -2.67. The molecule has 31 heavy (non-hydrogen) atoms. The van der Waals surface area contributed by atoms with E-state index >= 15 is 0 Å². The van der Waals surface area contributed by atoms with E-state index in [2.05, 4.69) is 10.2 Å². The Kier molecular flexibility index (Phi) is 5.88. The quantitative estimate of drug-likeness (QED) is 0.569. The van der Waals surface area contributed by atoms with Crippen molar-refractivity contribution in [2.24, 2.45) is 0 Å². The minimum atomic E-state index is -1.28. The van der Waals surface area contributed by atoms with Crippen LogP contribution in [0, 0.1) is 0 Å². The number of halogens is 1. The van der Waals surface area contributed by atoms with Crippen LogP contribution in [0.4, 0.5) is 0 Å². The molecule has 1 unspecified atom stereocenters. The van der Waals surface area contributed by atoms with Crippen LogP contribution in [0.1, 0.15) is 54.6 Å². The molecule has 3 amide bonds. The van der Waals surface area contributed by atoms with Gasteiger partial charge in [-0.25, -0.2) is 0 Å². The van der Waals surface area contributed by atoms with Crippen molar-refractivity contribution in [1.82, 2.24) is 20.0 Å². The topological polar surface area (TPSA) is 86.4 Å². The second kappa shape index (κ2) is 8.46. The standard InChI is InChI=1S/C23H27ClN4O3/c1-27(14-19-15-8-4-3-5-11-18(15)25-26-19)20(29)12-23(13-21(30)28(2)22(23)31)16-9-6-7-10-17(16)24/h6-7,9-10H,3-5,8,11-14H2,1-2H3,(H,25,26). The van der Waals surface area contributed by atoms with Crippen molar-refractivity contribution in [3.8, 4) is 0 Å². The first-order valence-corrected chi connectivity index (χ1v) is 11.1. The van der Waals surface area contributed by atoms with Crippen molar-refractivity contribution in [2.75, 3.05) is 14.1 Å². The minimum absolute atomic E-state index is 0.0660. The Morgan fingerprint density at radius 3 is 2.68 bits per heavy atom. The van der Waals surface area contributed by atoms with E-state index in [0.717, 1.165) is 36.3 Å². The van der Waals surface area contributed by atoms with Gasteiger partial charge >= 0.3 is 0 Å². The zero-order valence-electron chi connectivity index (χ0n) is 17.9. The summed E-state index contributed by atoms with van der Waals surface area (Å²) in [5, 5.41) is 7.97. The zero-order chi connectivity index (χ0) is 22.2. The maximum atomic E-state index is 13.3. The molecule has 2 aromatic rings. The van der Waals surface area contributed by atoms with Gasteiger partial charge in [-0.3, -0.25) is 24.4 Å². The summed E-state index contributed by atoms with van der Waals surface area (Å²) in [7, 11) is 3.17. The second-order valence-corrected chi connectivity index (χ2v) is 9.02. The highest BCUT2D eigenvalue weighted by Gasteiger charge is 2.53. The average Bonchev–Trinajstić information content (AvgIpc) is 3.09. The lowest BCUT2D eigenvalue weighted by molar-refractivity contribution is -0.141. The lowest BCUT2D eigenvalue weighted by Crippen LogP contribution is -2.42. The molecule has 0 radical (unpaired) electrons. The first-order valence-electron chi connectivity index (χ1n) is 10.7. The van der Waals surface area contributed by atoms with Crippen LogP contribution < -0.4 is 0 Å². The number of amides is 3. The summed E-state index contributed by atoms with van der Waals surface area (Å²) in [6.45, 7) is 0.362. The number of aryl methyl sites for hydroxylation is 1. The van der Waals surface area contributed by atoms with E-state index in [1.807, 2.05) is 0 Å². The highest BCUT2D eigenvalue weighted by molar-refractivity contribution is 6.32. The first kappa shape index (κ1) is 21.6. The molecular weight excluding hydrogens is 416 g/mol. The van der Waals surface area contributed by atoms with Gasteiger partial charge in [0, 0.05) is 37.7 Å². The van der Waals surface area contributed by atoms with E-state index < -0.39 is 5.41 Å². The Morgan fingerprint density at radius 2 is 1.97 bits per heavy atom. The molecule has 1 aromatic heterocycles. The van der Waals surface area contributed by atoms with Gasteiger partial charge in [-0.1, -0.05) is 36.2 Å². The molecule has 1 aromatic carbocycles. The molecule has 8 heteroatoms. The minimum Gasteiger partial charge on any atom is -0.340 e. The Morgan fingerprint density at radius 1 is 1.23 bits per heavy atom. The molecule has 1 fully saturated rings. The van der Waals surface area contributed by atoms with Gasteiger partial charge in [-0.2, -0.15) is 5.10 Å². The molecule has 0 spiro atoms. The number of hydrogen-bond donors (Lipinski definition) is 1. The molecule has 4 rings (SSSR count). The first-order chi connectivity index (χ1) is 14.8. The monoisotopic (exact) mass is 442 g/mol. The summed E-state index contributed by atoms with van der Waals surface area (Å²) in [5.41, 5.74) is 2.50. The SMILES string of the molecule is CN(Cc1n[nH]c2c1CCCCC2)C(=O)CC1(c2ccccc2Cl)CC(=O)N(C)C1=O. The predicted molar refractivity (Wildman–Crippen MR) is 116 cm³/mol. The number of nitrogens with zero attached hydrogens (tertiary/aromatic N) is 3. The van der Waals surface area contributed by atoms with Crippen molar-refractivity contribution in [1.29, 1.82) is 0 Å². The smallest absolute Gasteiger partial charge is 0.240 e. The van der Waals surface area contributed by atoms with Crippen molar-refractivity contribution >= 4 is 29.3 Å². The molecule has 2 aliphatic rings. The predicted octanol–water partition coefficient (Wildman–Crippen LogP) is 3.01. The summed E-state index contributed by atoms with van der Waals surface area (Å²) in [4.78, 5) is 41.5. The number of imide groups is 1. The number of carbonyl (C=O) groups excluding carboxylic acids is 3. The molecule has 0 saturated carbocycles. The van der Waals surface area contributed by atoms with Crippen LogP contribution in [0.2, 0.25) is 5.02 Å². The summed E-state index contributed by atoms with van der Waals surface area (Å²) in [6, 6.07) is 6.95. The fourth-order valence-corrected chi connectivity index (χ4v) is 5.06. The van der Waals surface area contributed by atoms with Crippen LogP contribution in [0.3, 0.4) is 0 Å². The van der Waals surface area contributed by atoms with Crippen molar-refractivity contribution in [3.05, 3.63) is 51.8 Å². The zero-order valence-corrected chi connectivity index (χ0v) is 18.7. The maximum absolute atomic E-state index is 13.3. The highest BCUT2D eigenvalue weighted by atomic mass is 35.5. The van der Waals surface area contributed by atoms with Crippen molar-refractivity contribution in [3.63, 3.8) is 0 Å². The largest absolute Gasteiger partial charge is 0.340 e. The molecule has 164 valence electrons. The fourth-order valence-electron chi connectivity index (χ4n) is 4.74. The van der Waals surface area contributed by atoms with Gasteiger partial charge in [0.05, 0.1) is 17.7 Å². The molecule has 0 bridgehead atoms. The van der Waals surface area contributed by atoms with Crippen molar-refractivity contribution < 1.29 is 14.4 Å². The summed E-state index contributed by atoms with van der Waals surface area (Å²) >= 11 is 6.41. The van der Waals surface area contributed by atoms with E-state index in [1.54, 1.807) is 36.2 Å². The third-order valence-corrected chi connectivity index (χ3v) is 6.92. The van der Waals surface area contributed by atoms with Gasteiger partial charge < -0.3 is 4.90 Å². The highest BCUT2D eigenvalue weighted by Crippen LogP contribution is 2.42. The van der Waals surface area contributed by atoms with Crippen LogP contribution in [0.25, 0.3) is 0 Å². The van der Waals surface area contributed by atoms with Gasteiger partial charge in [-0.05, 0) is 42.9 Å². The number of likely N-dealkylation sites (N-methyl/N-ethyl adjacent to an activating group) is 1. The Labute approximate surface area is 186 Å². The van der Waals surface area contributed by atoms with Gasteiger partial charge in [0.1, 0.15) is 0 Å². The van der Waals surface area contributed by atoms with Crippen LogP contribution in [0.5, 0.6) is 0 Å². The van der Waals surface area contributed by atoms with Crippen LogP contribution in [-0.4, -0.2) is 51.8 Å². The summed E-state index contributed by atoms with van der Waals surface area (Å²) in [5.74, 6) is -0.916. The molecule has 1 aliphatic carbocycles. The fraction of sp³-hybridized carbons (Fsp3) is 0.478. The van der Waals surface area contributed by atoms with Crippen LogP contribution in [0.15, 0.2) is 24.3 Å². The maximum Gasteiger partial charge on any atom is 0.240 e. The van der Waals surface area contributed by atoms with E-state index in [1.165, 1.54) is 24.7 Å². The molecule has 1 aliphatic heterocycles. The molecule has 2 heterocycles. The number of rotatable bonds is 5. The van der Waals surface area contributed by atoms with Crippen LogP contribution >= 0.6 is 11.6 Å². The number of aromatic amines is 1. The molecule has 1 saturated heterocycles. The number of benzene rings is 1. The number of H-pyrrole nitrogens is 1. The Balaban J connectivity index is 1.59. The molecule has 1 atom stereocenters. The van der Waals surface area contributed by atoms with Gasteiger partial charge in [-0.15, -0.1) is 0 Å². The lowest BCUT2D eigenvalue weighted by atomic mass is 9.75. The van der Waals surface area contributed by atoms with Crippen molar-refractivity contribution in [2.45, 2.75) is 56.9 Å². The van der Waals surface area contributed by atoms with Gasteiger partial charge in [0.25, 0.3) is 0 Å². The number of carbonyl (C=O) groups is 3. The van der Waals surface area contributed by atoms with Gasteiger partial charge in [0.15, 0.2) is 0 Å². The number of nitrogens with one attached hydrogen (secondary N) is 1. The van der Waals surface area contributed by atoms with E-state index in [4.69, 9.17) is 11.6 Å². The number of fused-ring (bicyclic) bond motifs is 1. The van der Waals surface area contributed by atoms with Crippen LogP contribution in [-0.2, 0) is 39.2 Å². The normalized spacial score (nSPS) is 21.2. The lowest BCUT2D eigenvalue weighted by Gasteiger charge is -2.29. The molecular formula is C23H27ClN4O3. The number of aromatic nitrogens is 2. The summed E-state index contributed by atoms with van der Waals surface area (Å²) in [6.07, 6.45) is 5.23. The Bertz CT molecular complexity index is 1030. The number of likely N-dealkylation sites (tertiary alicyclic amines) is 1. The van der Waals surface area contributed by atoms with E-state index in [-0.39, 0.29) is 30.6 Å². The van der Waals surface area contributed by atoms with Gasteiger partial charge in [0.2, 0.25) is 17.7 Å². The average molecular weight is 443 g/mol. The van der Waals surface area contributed by atoms with E-state index in [0.29, 0.717) is 17.1 Å². The third-order valence-electron chi connectivity index (χ3n) is 6.59. The molecule has 7 nitrogen and oxygen atoms in total.